The van der Waals surface area contributed by atoms with E-state index in [2.05, 4.69) is 16.0 Å². The van der Waals surface area contributed by atoms with Crippen LogP contribution in [0.1, 0.15) is 70.2 Å². The summed E-state index contributed by atoms with van der Waals surface area (Å²) in [7, 11) is 0. The maximum Gasteiger partial charge on any atom is 0.305 e. The van der Waals surface area contributed by atoms with E-state index >= 15 is 0 Å². The molecule has 0 aromatic heterocycles. The molecule has 1 saturated heterocycles. The first kappa shape index (κ1) is 30.1. The van der Waals surface area contributed by atoms with Crippen molar-refractivity contribution in [3.05, 3.63) is 28.8 Å². The number of anilines is 1. The lowest BCUT2D eigenvalue weighted by atomic mass is 9.84. The molecule has 4 unspecified atom stereocenters. The van der Waals surface area contributed by atoms with Crippen LogP contribution in [0.2, 0.25) is 5.02 Å². The third kappa shape index (κ3) is 6.95. The third-order valence-corrected chi connectivity index (χ3v) is 7.51. The van der Waals surface area contributed by atoms with Crippen LogP contribution in [0.3, 0.4) is 0 Å². The summed E-state index contributed by atoms with van der Waals surface area (Å²) in [5.74, 6) is -3.18. The van der Waals surface area contributed by atoms with Crippen LogP contribution in [0.5, 0.6) is 0 Å². The van der Waals surface area contributed by atoms with E-state index in [0.29, 0.717) is 24.8 Å². The van der Waals surface area contributed by atoms with Crippen molar-refractivity contribution in [1.82, 2.24) is 15.5 Å². The van der Waals surface area contributed by atoms with Gasteiger partial charge >= 0.3 is 5.97 Å². The number of carboxylic acid groups (broad SMARTS) is 1. The molecule has 1 aromatic rings. The molecule has 1 heterocycles. The van der Waals surface area contributed by atoms with Crippen molar-refractivity contribution in [2.24, 2.45) is 11.3 Å². The van der Waals surface area contributed by atoms with Crippen LogP contribution in [-0.4, -0.2) is 70.1 Å². The second-order valence-electron chi connectivity index (χ2n) is 11.1. The lowest BCUT2D eigenvalue weighted by Crippen LogP contribution is -2.61. The first-order valence-electron chi connectivity index (χ1n) is 13.0. The lowest BCUT2D eigenvalue weighted by molar-refractivity contribution is -0.147. The second-order valence-corrected chi connectivity index (χ2v) is 11.5. The number of hydrogen-bond acceptors (Lipinski definition) is 6. The summed E-state index contributed by atoms with van der Waals surface area (Å²) in [5, 5.41) is 17.0. The number of halogens is 1. The van der Waals surface area contributed by atoms with Gasteiger partial charge in [0.2, 0.25) is 17.7 Å². The second kappa shape index (κ2) is 12.1. The summed E-state index contributed by atoms with van der Waals surface area (Å²) >= 11 is 6.34. The Balaban J connectivity index is 1.83. The van der Waals surface area contributed by atoms with E-state index in [0.717, 1.165) is 6.42 Å². The van der Waals surface area contributed by atoms with E-state index in [9.17, 15) is 28.8 Å². The Kier molecular flexibility index (Phi) is 9.37. The van der Waals surface area contributed by atoms with Crippen LogP contribution >= 0.6 is 11.6 Å². The van der Waals surface area contributed by atoms with Crippen molar-refractivity contribution in [1.29, 1.82) is 0 Å². The molecule has 1 aliphatic heterocycles. The van der Waals surface area contributed by atoms with Gasteiger partial charge in [0, 0.05) is 18.2 Å². The highest BCUT2D eigenvalue weighted by Crippen LogP contribution is 2.43. The van der Waals surface area contributed by atoms with Crippen molar-refractivity contribution >= 4 is 53.2 Å². The molecule has 212 valence electrons. The van der Waals surface area contributed by atoms with Crippen molar-refractivity contribution < 1.29 is 33.9 Å². The average molecular weight is 563 g/mol. The number of likely N-dealkylation sites (tertiary alicyclic amines) is 1. The van der Waals surface area contributed by atoms with E-state index in [1.807, 2.05) is 0 Å². The highest BCUT2D eigenvalue weighted by Gasteiger charge is 2.53. The topological polar surface area (TPSA) is 162 Å². The van der Waals surface area contributed by atoms with Crippen molar-refractivity contribution in [3.63, 3.8) is 0 Å². The number of piperidine rings is 1. The normalized spacial score (nSPS) is 21.6. The number of aliphatic carboxylic acids is 1. The number of carbonyl (C=O) groups is 6. The van der Waals surface area contributed by atoms with Gasteiger partial charge in [-0.15, -0.1) is 0 Å². The fourth-order valence-corrected chi connectivity index (χ4v) is 5.53. The monoisotopic (exact) mass is 562 g/mol. The first-order chi connectivity index (χ1) is 18.3. The highest BCUT2D eigenvalue weighted by molar-refractivity contribution is 6.34. The SMILES string of the molecule is CCC(=O)Nc1ccc(C(=O)NC(C(=O)N2C3CCC(C3)[C@H]2C(=O)NC(C=O)CC(=O)O)C(C)(C)C)c(Cl)c1. The van der Waals surface area contributed by atoms with Crippen LogP contribution < -0.4 is 16.0 Å². The number of aldehydes is 1. The zero-order chi connectivity index (χ0) is 29.1. The maximum atomic E-state index is 14.0. The molecule has 1 aliphatic carbocycles. The average Bonchev–Trinajstić information content (AvgIpc) is 3.47. The number of carbonyl (C=O) groups excluding carboxylic acids is 5. The van der Waals surface area contributed by atoms with Gasteiger partial charge in [-0.05, 0) is 48.8 Å². The molecule has 3 rings (SSSR count). The molecule has 5 atom stereocenters. The van der Waals surface area contributed by atoms with Gasteiger partial charge in [-0.2, -0.15) is 0 Å². The van der Waals surface area contributed by atoms with Crippen LogP contribution in [-0.2, 0) is 24.0 Å². The summed E-state index contributed by atoms with van der Waals surface area (Å²) in [6.45, 7) is 7.08. The Bertz CT molecular complexity index is 1170. The smallest absolute Gasteiger partial charge is 0.305 e. The molecule has 0 spiro atoms. The van der Waals surface area contributed by atoms with Crippen molar-refractivity contribution in [3.8, 4) is 0 Å². The lowest BCUT2D eigenvalue weighted by Gasteiger charge is -2.40. The van der Waals surface area contributed by atoms with Gasteiger partial charge in [-0.1, -0.05) is 39.3 Å². The standard InChI is InChI=1S/C27H35ClN4O7/c1-5-20(34)29-15-7-9-18(19(28)11-15)24(37)31-23(27(2,3)4)26(39)32-17-8-6-14(10-17)22(32)25(38)30-16(13-33)12-21(35)36/h7,9,11,13-14,16-17,22-23H,5-6,8,10,12H2,1-4H3,(H,29,34)(H,30,38)(H,31,37)(H,35,36)/t14?,16?,17?,22-,23?/m0/s1. The summed E-state index contributed by atoms with van der Waals surface area (Å²) in [6.07, 6.45) is 2.12. The maximum absolute atomic E-state index is 14.0. The van der Waals surface area contributed by atoms with Gasteiger partial charge < -0.3 is 30.8 Å². The first-order valence-corrected chi connectivity index (χ1v) is 13.3. The molecule has 11 nitrogen and oxygen atoms in total. The summed E-state index contributed by atoms with van der Waals surface area (Å²) in [5.41, 5.74) is -0.190. The molecule has 2 fully saturated rings. The number of fused-ring (bicyclic) bond motifs is 2. The molecule has 4 N–H and O–H groups in total. The number of benzene rings is 1. The minimum absolute atomic E-state index is 0.0948. The van der Waals surface area contributed by atoms with Gasteiger partial charge in [0.05, 0.1) is 23.0 Å². The molecule has 1 aromatic carbocycles. The predicted octanol–water partition coefficient (Wildman–Crippen LogP) is 2.37. The van der Waals surface area contributed by atoms with Gasteiger partial charge in [0.1, 0.15) is 18.4 Å². The molecule has 0 radical (unpaired) electrons. The number of nitrogens with zero attached hydrogens (tertiary/aromatic N) is 1. The zero-order valence-corrected chi connectivity index (χ0v) is 23.2. The van der Waals surface area contributed by atoms with E-state index in [1.54, 1.807) is 33.8 Å². The summed E-state index contributed by atoms with van der Waals surface area (Å²) in [6, 6.07) is 1.15. The molecular weight excluding hydrogens is 528 g/mol. The molecule has 39 heavy (non-hydrogen) atoms. The number of amides is 4. The van der Waals surface area contributed by atoms with Gasteiger partial charge in [-0.3, -0.25) is 24.0 Å². The van der Waals surface area contributed by atoms with Gasteiger partial charge in [0.25, 0.3) is 5.91 Å². The predicted molar refractivity (Wildman–Crippen MR) is 143 cm³/mol. The summed E-state index contributed by atoms with van der Waals surface area (Å²) in [4.78, 5) is 76.0. The highest BCUT2D eigenvalue weighted by atomic mass is 35.5. The number of hydrogen-bond donors (Lipinski definition) is 4. The molecular formula is C27H35ClN4O7. The van der Waals surface area contributed by atoms with Crippen LogP contribution in [0.4, 0.5) is 5.69 Å². The number of rotatable bonds is 10. The van der Waals surface area contributed by atoms with Crippen LogP contribution in [0.25, 0.3) is 0 Å². The van der Waals surface area contributed by atoms with E-state index in [4.69, 9.17) is 16.7 Å². The minimum Gasteiger partial charge on any atom is -0.481 e. The number of nitrogens with one attached hydrogen (secondary N) is 3. The molecule has 2 bridgehead atoms. The number of carboxylic acids is 1. The molecule has 4 amide bonds. The zero-order valence-electron chi connectivity index (χ0n) is 22.5. The van der Waals surface area contributed by atoms with E-state index in [1.165, 1.54) is 17.0 Å². The van der Waals surface area contributed by atoms with Crippen molar-refractivity contribution in [2.75, 3.05) is 5.32 Å². The Morgan fingerprint density at radius 2 is 1.85 bits per heavy atom. The van der Waals surface area contributed by atoms with Crippen molar-refractivity contribution in [2.45, 2.75) is 84.0 Å². The van der Waals surface area contributed by atoms with E-state index < -0.39 is 53.7 Å². The Morgan fingerprint density at radius 1 is 1.15 bits per heavy atom. The fraction of sp³-hybridized carbons (Fsp3) is 0.556. The quantitative estimate of drug-likeness (QED) is 0.318. The van der Waals surface area contributed by atoms with Gasteiger partial charge in [0.15, 0.2) is 0 Å². The third-order valence-electron chi connectivity index (χ3n) is 7.20. The van der Waals surface area contributed by atoms with Crippen LogP contribution in [0, 0.1) is 11.3 Å². The molecule has 1 saturated carbocycles. The molecule has 12 heteroatoms. The van der Waals surface area contributed by atoms with Crippen LogP contribution in [0.15, 0.2) is 18.2 Å². The minimum atomic E-state index is -1.23. The Hall–Kier alpha value is -3.47. The van der Waals surface area contributed by atoms with Gasteiger partial charge in [-0.25, -0.2) is 0 Å². The van der Waals surface area contributed by atoms with E-state index in [-0.39, 0.29) is 34.9 Å². The molecule has 2 aliphatic rings. The largest absolute Gasteiger partial charge is 0.481 e. The Morgan fingerprint density at radius 3 is 2.41 bits per heavy atom. The fourth-order valence-electron chi connectivity index (χ4n) is 5.27. The Labute approximate surface area is 232 Å². The summed E-state index contributed by atoms with van der Waals surface area (Å²) < 4.78 is 0.